The first-order valence-corrected chi connectivity index (χ1v) is 7.67. The highest BCUT2D eigenvalue weighted by Gasteiger charge is 2.13. The van der Waals surface area contributed by atoms with Gasteiger partial charge in [0.15, 0.2) is 0 Å². The first-order valence-electron chi connectivity index (χ1n) is 6.91. The largest absolute Gasteiger partial charge is 0.355 e. The Labute approximate surface area is 148 Å². The Morgan fingerprint density at radius 1 is 0.792 bits per heavy atom. The molecule has 124 valence electrons. The van der Waals surface area contributed by atoms with Crippen LogP contribution in [0.25, 0.3) is 0 Å². The minimum atomic E-state index is -0.321. The number of hydrogen-bond donors (Lipinski definition) is 2. The number of hydrogen-bond acceptors (Lipinski definition) is 4. The third kappa shape index (κ3) is 4.10. The quantitative estimate of drug-likeness (QED) is 0.799. The predicted octanol–water partition coefficient (Wildman–Crippen LogP) is 4.13. The maximum Gasteiger partial charge on any atom is 0.253 e. The summed E-state index contributed by atoms with van der Waals surface area (Å²) in [5, 5.41) is 14.0. The molecular formula is C16H14Cl2N4O2. The number of nitrogens with zero attached hydrogens (tertiary/aromatic N) is 2. The highest BCUT2D eigenvalue weighted by atomic mass is 35.5. The Balaban J connectivity index is 2.49. The Hall–Kier alpha value is -2.44. The van der Waals surface area contributed by atoms with Gasteiger partial charge >= 0.3 is 0 Å². The highest BCUT2D eigenvalue weighted by molar-refractivity contribution is 6.31. The summed E-state index contributed by atoms with van der Waals surface area (Å²) in [6.45, 7) is 0. The molecule has 0 radical (unpaired) electrons. The van der Waals surface area contributed by atoms with Crippen LogP contribution in [0.4, 0.5) is 11.4 Å². The Bertz CT molecular complexity index is 754. The second kappa shape index (κ2) is 7.90. The molecule has 2 rings (SSSR count). The van der Waals surface area contributed by atoms with Gasteiger partial charge in [0.2, 0.25) is 0 Å². The van der Waals surface area contributed by atoms with E-state index >= 15 is 0 Å². The van der Waals surface area contributed by atoms with Crippen molar-refractivity contribution in [2.45, 2.75) is 0 Å². The van der Waals surface area contributed by atoms with Crippen LogP contribution < -0.4 is 10.6 Å². The second-order valence-corrected chi connectivity index (χ2v) is 5.55. The molecule has 0 aliphatic rings. The minimum Gasteiger partial charge on any atom is -0.355 e. The molecule has 0 aromatic heterocycles. The first kappa shape index (κ1) is 17.9. The first-order chi connectivity index (χ1) is 11.5. The van der Waals surface area contributed by atoms with Crippen molar-refractivity contribution in [3.63, 3.8) is 0 Å². The van der Waals surface area contributed by atoms with E-state index in [0.717, 1.165) is 0 Å². The summed E-state index contributed by atoms with van der Waals surface area (Å²) in [6.07, 6.45) is 0. The Kier molecular flexibility index (Phi) is 5.89. The smallest absolute Gasteiger partial charge is 0.253 e. The minimum absolute atomic E-state index is 0.282. The summed E-state index contributed by atoms with van der Waals surface area (Å²) >= 11 is 11.9. The van der Waals surface area contributed by atoms with E-state index in [1.54, 1.807) is 24.3 Å². The molecule has 2 N–H and O–H groups in total. The van der Waals surface area contributed by atoms with Crippen LogP contribution in [0, 0.1) is 0 Å². The maximum atomic E-state index is 11.9. The van der Waals surface area contributed by atoms with Crippen molar-refractivity contribution < 1.29 is 9.59 Å². The van der Waals surface area contributed by atoms with Crippen molar-refractivity contribution in [3.05, 3.63) is 57.6 Å². The van der Waals surface area contributed by atoms with Crippen LogP contribution in [0.5, 0.6) is 0 Å². The van der Waals surface area contributed by atoms with E-state index in [9.17, 15) is 9.59 Å². The fraction of sp³-hybridized carbons (Fsp3) is 0.125. The molecule has 24 heavy (non-hydrogen) atoms. The van der Waals surface area contributed by atoms with Crippen LogP contribution in [0.1, 0.15) is 20.7 Å². The summed E-state index contributed by atoms with van der Waals surface area (Å²) in [7, 11) is 3.02. The topological polar surface area (TPSA) is 82.9 Å². The molecule has 2 amide bonds. The highest BCUT2D eigenvalue weighted by Crippen LogP contribution is 2.29. The summed E-state index contributed by atoms with van der Waals surface area (Å²) in [5.41, 5.74) is 1.19. The SMILES string of the molecule is CNC(=O)c1ccc(Cl)cc1N=Nc1cc(Cl)ccc1C(=O)NC. The van der Waals surface area contributed by atoms with Crippen molar-refractivity contribution in [3.8, 4) is 0 Å². The number of halogens is 2. The molecule has 0 saturated heterocycles. The molecule has 0 bridgehead atoms. The number of benzene rings is 2. The number of nitrogens with one attached hydrogen (secondary N) is 2. The van der Waals surface area contributed by atoms with E-state index in [0.29, 0.717) is 21.2 Å². The van der Waals surface area contributed by atoms with E-state index in [2.05, 4.69) is 20.9 Å². The van der Waals surface area contributed by atoms with Gasteiger partial charge in [-0.3, -0.25) is 9.59 Å². The number of carbonyl (C=O) groups is 2. The summed E-state index contributed by atoms with van der Waals surface area (Å²) in [4.78, 5) is 23.8. The lowest BCUT2D eigenvalue weighted by Gasteiger charge is -2.06. The second-order valence-electron chi connectivity index (χ2n) is 4.68. The molecule has 0 aliphatic heterocycles. The fourth-order valence-corrected chi connectivity index (χ4v) is 2.27. The fourth-order valence-electron chi connectivity index (χ4n) is 1.94. The van der Waals surface area contributed by atoms with E-state index in [1.165, 1.54) is 26.2 Å². The maximum absolute atomic E-state index is 11.9. The zero-order chi connectivity index (χ0) is 17.7. The average molecular weight is 365 g/mol. The van der Waals surface area contributed by atoms with Crippen LogP contribution >= 0.6 is 23.2 Å². The lowest BCUT2D eigenvalue weighted by atomic mass is 10.1. The van der Waals surface area contributed by atoms with Gasteiger partial charge in [-0.2, -0.15) is 0 Å². The summed E-state index contributed by atoms with van der Waals surface area (Å²) in [5.74, 6) is -0.642. The van der Waals surface area contributed by atoms with E-state index < -0.39 is 0 Å². The number of rotatable bonds is 4. The van der Waals surface area contributed by atoms with Gasteiger partial charge in [0.25, 0.3) is 11.8 Å². The van der Waals surface area contributed by atoms with Gasteiger partial charge in [-0.25, -0.2) is 0 Å². The number of azo groups is 1. The van der Waals surface area contributed by atoms with Crippen LogP contribution in [0.2, 0.25) is 10.0 Å². The summed E-state index contributed by atoms with van der Waals surface area (Å²) < 4.78 is 0. The lowest BCUT2D eigenvalue weighted by molar-refractivity contribution is 0.0955. The molecule has 2 aromatic rings. The molecule has 0 heterocycles. The molecule has 6 nitrogen and oxygen atoms in total. The zero-order valence-electron chi connectivity index (χ0n) is 12.9. The standard InChI is InChI=1S/C16H14Cl2N4O2/c1-19-15(23)11-5-3-9(17)7-13(11)21-22-14-8-10(18)4-6-12(14)16(24)20-2/h3-8H,1-2H3,(H,19,23)(H,20,24). The molecule has 0 spiro atoms. The van der Waals surface area contributed by atoms with E-state index in [-0.39, 0.29) is 23.2 Å². The molecule has 0 unspecified atom stereocenters. The van der Waals surface area contributed by atoms with Gasteiger partial charge in [-0.1, -0.05) is 23.2 Å². The van der Waals surface area contributed by atoms with Crippen molar-refractivity contribution in [2.24, 2.45) is 10.2 Å². The predicted molar refractivity (Wildman–Crippen MR) is 93.9 cm³/mol. The molecule has 0 aliphatic carbocycles. The van der Waals surface area contributed by atoms with Crippen LogP contribution in [0.15, 0.2) is 46.6 Å². The van der Waals surface area contributed by atoms with E-state index in [4.69, 9.17) is 23.2 Å². The Morgan fingerprint density at radius 2 is 1.17 bits per heavy atom. The zero-order valence-corrected chi connectivity index (χ0v) is 14.4. The number of amides is 2. The van der Waals surface area contributed by atoms with Crippen molar-refractivity contribution >= 4 is 46.4 Å². The van der Waals surface area contributed by atoms with Crippen LogP contribution in [-0.4, -0.2) is 25.9 Å². The molecule has 0 fully saturated rings. The van der Waals surface area contributed by atoms with Crippen molar-refractivity contribution in [1.82, 2.24) is 10.6 Å². The third-order valence-corrected chi connectivity index (χ3v) is 3.60. The van der Waals surface area contributed by atoms with Gasteiger partial charge < -0.3 is 10.6 Å². The van der Waals surface area contributed by atoms with Gasteiger partial charge in [-0.15, -0.1) is 10.2 Å². The molecule has 2 aromatic carbocycles. The van der Waals surface area contributed by atoms with Crippen molar-refractivity contribution in [1.29, 1.82) is 0 Å². The molecule has 0 atom stereocenters. The van der Waals surface area contributed by atoms with Gasteiger partial charge in [0.1, 0.15) is 0 Å². The Morgan fingerprint density at radius 3 is 1.50 bits per heavy atom. The lowest BCUT2D eigenvalue weighted by Crippen LogP contribution is -2.18. The molecule has 0 saturated carbocycles. The molecule has 8 heteroatoms. The van der Waals surface area contributed by atoms with Crippen molar-refractivity contribution in [2.75, 3.05) is 14.1 Å². The average Bonchev–Trinajstić information content (AvgIpc) is 2.58. The van der Waals surface area contributed by atoms with Crippen LogP contribution in [-0.2, 0) is 0 Å². The van der Waals surface area contributed by atoms with E-state index in [1.807, 2.05) is 0 Å². The monoisotopic (exact) mass is 364 g/mol. The van der Waals surface area contributed by atoms with Gasteiger partial charge in [0, 0.05) is 24.1 Å². The normalized spacial score (nSPS) is 10.7. The number of carbonyl (C=O) groups excluding carboxylic acids is 2. The summed E-state index contributed by atoms with van der Waals surface area (Å²) in [6, 6.07) is 9.29. The molecular weight excluding hydrogens is 351 g/mol. The van der Waals surface area contributed by atoms with Gasteiger partial charge in [0.05, 0.1) is 22.5 Å². The third-order valence-electron chi connectivity index (χ3n) is 3.13. The van der Waals surface area contributed by atoms with Gasteiger partial charge in [-0.05, 0) is 36.4 Å². The van der Waals surface area contributed by atoms with Crippen LogP contribution in [0.3, 0.4) is 0 Å².